The molecule has 0 saturated heterocycles. The summed E-state index contributed by atoms with van der Waals surface area (Å²) in [5.41, 5.74) is 3.78. The molecule has 0 aliphatic heterocycles. The average molecular weight is 365 g/mol. The minimum absolute atomic E-state index is 0.0222. The molecule has 2 N–H and O–H groups in total. The summed E-state index contributed by atoms with van der Waals surface area (Å²) in [5, 5.41) is 16.9. The monoisotopic (exact) mass is 365 g/mol. The van der Waals surface area contributed by atoms with Crippen LogP contribution in [0.2, 0.25) is 0 Å². The standard InChI is InChI=1S/C21H23N3O3/c1-12-8-13(2)24(23-12)11-14-4-3-5-17(9-14)22-20(25)18-15-6-7-16(10-15)19(18)21(26)27/h3-9,15-16,18-19H,10-11H2,1-2H3,(H,22,25)(H,26,27)/t15-,16-,18+,19-/m0/s1. The maximum Gasteiger partial charge on any atom is 0.307 e. The fourth-order valence-electron chi connectivity index (χ4n) is 4.50. The normalized spacial score (nSPS) is 25.7. The number of fused-ring (bicyclic) bond motifs is 2. The smallest absolute Gasteiger partial charge is 0.307 e. The van der Waals surface area contributed by atoms with E-state index in [4.69, 9.17) is 0 Å². The van der Waals surface area contributed by atoms with Crippen LogP contribution in [-0.4, -0.2) is 26.8 Å². The lowest BCUT2D eigenvalue weighted by atomic mass is 9.82. The zero-order valence-corrected chi connectivity index (χ0v) is 15.4. The quantitative estimate of drug-likeness (QED) is 0.798. The van der Waals surface area contributed by atoms with Crippen molar-refractivity contribution in [1.82, 2.24) is 9.78 Å². The van der Waals surface area contributed by atoms with Crippen LogP contribution in [-0.2, 0) is 16.1 Å². The molecule has 6 heteroatoms. The van der Waals surface area contributed by atoms with Crippen LogP contribution in [0, 0.1) is 37.5 Å². The van der Waals surface area contributed by atoms with Crippen molar-refractivity contribution in [3.63, 3.8) is 0 Å². The van der Waals surface area contributed by atoms with Gasteiger partial charge in [-0.2, -0.15) is 5.10 Å². The van der Waals surface area contributed by atoms with E-state index in [-0.39, 0.29) is 17.7 Å². The van der Waals surface area contributed by atoms with Gasteiger partial charge >= 0.3 is 5.97 Å². The van der Waals surface area contributed by atoms with Crippen LogP contribution >= 0.6 is 0 Å². The van der Waals surface area contributed by atoms with E-state index in [0.717, 1.165) is 23.4 Å². The van der Waals surface area contributed by atoms with Gasteiger partial charge in [0.2, 0.25) is 5.91 Å². The molecule has 0 spiro atoms. The number of carbonyl (C=O) groups is 2. The van der Waals surface area contributed by atoms with Crippen molar-refractivity contribution in [3.05, 3.63) is 59.4 Å². The van der Waals surface area contributed by atoms with Gasteiger partial charge in [-0.15, -0.1) is 0 Å². The van der Waals surface area contributed by atoms with Crippen LogP contribution in [0.5, 0.6) is 0 Å². The van der Waals surface area contributed by atoms with Gasteiger partial charge in [-0.1, -0.05) is 24.3 Å². The van der Waals surface area contributed by atoms with E-state index in [1.54, 1.807) is 0 Å². The van der Waals surface area contributed by atoms with Gasteiger partial charge in [0.15, 0.2) is 0 Å². The molecule has 6 nitrogen and oxygen atoms in total. The number of nitrogens with one attached hydrogen (secondary N) is 1. The van der Waals surface area contributed by atoms with Crippen molar-refractivity contribution in [3.8, 4) is 0 Å². The largest absolute Gasteiger partial charge is 0.481 e. The fourth-order valence-corrected chi connectivity index (χ4v) is 4.50. The fraction of sp³-hybridized carbons (Fsp3) is 0.381. The topological polar surface area (TPSA) is 84.2 Å². The number of hydrogen-bond acceptors (Lipinski definition) is 3. The van der Waals surface area contributed by atoms with E-state index in [1.165, 1.54) is 0 Å². The number of carbonyl (C=O) groups excluding carboxylic acids is 1. The maximum atomic E-state index is 12.8. The van der Waals surface area contributed by atoms with Gasteiger partial charge in [0.1, 0.15) is 0 Å². The van der Waals surface area contributed by atoms with E-state index in [2.05, 4.69) is 10.4 Å². The summed E-state index contributed by atoms with van der Waals surface area (Å²) < 4.78 is 1.93. The molecule has 1 aromatic carbocycles. The first-order valence-corrected chi connectivity index (χ1v) is 9.24. The molecule has 1 fully saturated rings. The molecule has 27 heavy (non-hydrogen) atoms. The van der Waals surface area contributed by atoms with Crippen molar-refractivity contribution >= 4 is 17.6 Å². The van der Waals surface area contributed by atoms with Crippen LogP contribution < -0.4 is 5.32 Å². The molecule has 2 bridgehead atoms. The number of aryl methyl sites for hydroxylation is 2. The lowest BCUT2D eigenvalue weighted by Gasteiger charge is -2.24. The molecule has 4 atom stereocenters. The first kappa shape index (κ1) is 17.5. The number of hydrogen-bond donors (Lipinski definition) is 2. The molecule has 2 aromatic rings. The summed E-state index contributed by atoms with van der Waals surface area (Å²) in [7, 11) is 0. The number of aliphatic carboxylic acids is 1. The molecule has 140 valence electrons. The summed E-state index contributed by atoms with van der Waals surface area (Å²) >= 11 is 0. The molecular formula is C21H23N3O3. The van der Waals surface area contributed by atoms with Gasteiger partial charge in [0.05, 0.1) is 24.1 Å². The Morgan fingerprint density at radius 3 is 2.59 bits per heavy atom. The molecule has 1 saturated carbocycles. The summed E-state index contributed by atoms with van der Waals surface area (Å²) in [5.74, 6) is -2.22. The number of carboxylic acids is 1. The summed E-state index contributed by atoms with van der Waals surface area (Å²) in [6.07, 6.45) is 4.70. The Labute approximate surface area is 157 Å². The van der Waals surface area contributed by atoms with E-state index in [0.29, 0.717) is 12.2 Å². The molecule has 1 aromatic heterocycles. The molecule has 0 radical (unpaired) electrons. The van der Waals surface area contributed by atoms with Gasteiger partial charge in [-0.25, -0.2) is 0 Å². The van der Waals surface area contributed by atoms with E-state index < -0.39 is 17.8 Å². The third-order valence-electron chi connectivity index (χ3n) is 5.68. The third kappa shape index (κ3) is 3.27. The lowest BCUT2D eigenvalue weighted by Crippen LogP contribution is -2.36. The second-order valence-corrected chi connectivity index (χ2v) is 7.61. The zero-order chi connectivity index (χ0) is 19.1. The van der Waals surface area contributed by atoms with Crippen molar-refractivity contribution in [2.24, 2.45) is 23.7 Å². The van der Waals surface area contributed by atoms with Crippen molar-refractivity contribution in [2.75, 3.05) is 5.32 Å². The molecule has 2 aliphatic rings. The van der Waals surface area contributed by atoms with E-state index in [9.17, 15) is 14.7 Å². The van der Waals surface area contributed by atoms with Crippen LogP contribution in [0.25, 0.3) is 0 Å². The second-order valence-electron chi connectivity index (χ2n) is 7.61. The second kappa shape index (κ2) is 6.68. The van der Waals surface area contributed by atoms with Crippen LogP contribution in [0.4, 0.5) is 5.69 Å². The molecule has 1 heterocycles. The highest BCUT2D eigenvalue weighted by atomic mass is 16.4. The summed E-state index contributed by atoms with van der Waals surface area (Å²) in [4.78, 5) is 24.4. The van der Waals surface area contributed by atoms with Gasteiger partial charge in [0.25, 0.3) is 0 Å². The Morgan fingerprint density at radius 2 is 1.93 bits per heavy atom. The Morgan fingerprint density at radius 1 is 1.19 bits per heavy atom. The Kier molecular flexibility index (Phi) is 4.34. The highest BCUT2D eigenvalue weighted by molar-refractivity contribution is 5.96. The number of carboxylic acid groups (broad SMARTS) is 1. The maximum absolute atomic E-state index is 12.8. The Hall–Kier alpha value is -2.89. The first-order chi connectivity index (χ1) is 12.9. The number of amides is 1. The number of anilines is 1. The molecule has 0 unspecified atom stereocenters. The van der Waals surface area contributed by atoms with Crippen molar-refractivity contribution < 1.29 is 14.7 Å². The van der Waals surface area contributed by atoms with E-state index >= 15 is 0 Å². The van der Waals surface area contributed by atoms with Gasteiger partial charge in [0, 0.05) is 11.4 Å². The zero-order valence-electron chi connectivity index (χ0n) is 15.4. The third-order valence-corrected chi connectivity index (χ3v) is 5.68. The molecule has 4 rings (SSSR count). The predicted octanol–water partition coefficient (Wildman–Crippen LogP) is 3.01. The van der Waals surface area contributed by atoms with Crippen LogP contribution in [0.3, 0.4) is 0 Å². The van der Waals surface area contributed by atoms with Crippen molar-refractivity contribution in [1.29, 1.82) is 0 Å². The number of benzene rings is 1. The Bertz CT molecular complexity index is 931. The summed E-state index contributed by atoms with van der Waals surface area (Å²) in [6.45, 7) is 4.60. The average Bonchev–Trinajstić information content (AvgIpc) is 3.30. The Balaban J connectivity index is 1.50. The molecule has 2 aliphatic carbocycles. The SMILES string of the molecule is Cc1cc(C)n(Cc2cccc(NC(=O)[C@H]3[C@@H](C(=O)O)[C@H]4C=C[C@H]3C4)c2)n1. The first-order valence-electron chi connectivity index (χ1n) is 9.24. The molecule has 1 amide bonds. The number of rotatable bonds is 5. The summed E-state index contributed by atoms with van der Waals surface area (Å²) in [6, 6.07) is 9.67. The van der Waals surface area contributed by atoms with Crippen molar-refractivity contribution in [2.45, 2.75) is 26.8 Å². The highest BCUT2D eigenvalue weighted by Gasteiger charge is 2.51. The van der Waals surface area contributed by atoms with Crippen LogP contribution in [0.15, 0.2) is 42.5 Å². The van der Waals surface area contributed by atoms with Gasteiger partial charge in [-0.05, 0) is 55.9 Å². The number of aromatic nitrogens is 2. The predicted molar refractivity (Wildman–Crippen MR) is 101 cm³/mol. The lowest BCUT2D eigenvalue weighted by molar-refractivity contribution is -0.146. The van der Waals surface area contributed by atoms with Gasteiger partial charge < -0.3 is 10.4 Å². The van der Waals surface area contributed by atoms with Crippen LogP contribution in [0.1, 0.15) is 23.4 Å². The minimum atomic E-state index is -0.884. The molecular weight excluding hydrogens is 342 g/mol. The van der Waals surface area contributed by atoms with Gasteiger partial charge in [-0.3, -0.25) is 14.3 Å². The highest BCUT2D eigenvalue weighted by Crippen LogP contribution is 2.48. The number of nitrogens with zero attached hydrogens (tertiary/aromatic N) is 2. The number of allylic oxidation sites excluding steroid dienone is 2. The minimum Gasteiger partial charge on any atom is -0.481 e. The van der Waals surface area contributed by atoms with E-state index in [1.807, 2.05) is 61.0 Å².